The summed E-state index contributed by atoms with van der Waals surface area (Å²) in [5.74, 6) is 0. The van der Waals surface area contributed by atoms with Crippen LogP contribution in [0.1, 0.15) is 32.6 Å². The molecule has 0 bridgehead atoms. The second-order valence-electron chi connectivity index (χ2n) is 2.75. The third-order valence-electron chi connectivity index (χ3n) is 1.57. The Hall–Kier alpha value is 0.920. The molecule has 0 amide bonds. The lowest BCUT2D eigenvalue weighted by molar-refractivity contribution is 0.0730. The fraction of sp³-hybridized carbons (Fsp3) is 1.00. The molecule has 0 fully saturated rings. The molecule has 0 saturated carbocycles. The maximum absolute atomic E-state index is 11.2. The predicted octanol–water partition coefficient (Wildman–Crippen LogP) is 3.52. The van der Waals surface area contributed by atoms with Gasteiger partial charge in [-0.15, -0.1) is 0 Å². The first kappa shape index (κ1) is 11.9. The first-order chi connectivity index (χ1) is 5.20. The van der Waals surface area contributed by atoms with Gasteiger partial charge >= 0.3 is 0 Å². The molecule has 1 nitrogen and oxygen atoms in total. The lowest BCUT2D eigenvalue weighted by atomic mass is 10.1. The van der Waals surface area contributed by atoms with E-state index < -0.39 is 0 Å². The fourth-order valence-electron chi connectivity index (χ4n) is 0.898. The van der Waals surface area contributed by atoms with E-state index in [0.717, 1.165) is 31.0 Å². The summed E-state index contributed by atoms with van der Waals surface area (Å²) in [6.07, 6.45) is 3.38. The molecular formula is C8H15Br2O. The molecule has 0 aliphatic carbocycles. The highest BCUT2D eigenvalue weighted by atomic mass is 79.9. The number of halogens is 2. The van der Waals surface area contributed by atoms with E-state index >= 15 is 0 Å². The Balaban J connectivity index is 3.27. The molecule has 0 N–H and O–H groups in total. The largest absolute Gasteiger partial charge is 0.233 e. The molecule has 2 unspecified atom stereocenters. The van der Waals surface area contributed by atoms with E-state index in [1.165, 1.54) is 0 Å². The van der Waals surface area contributed by atoms with Gasteiger partial charge in [0.25, 0.3) is 0 Å². The summed E-state index contributed by atoms with van der Waals surface area (Å²) in [5, 5.41) is 12.1. The Kier molecular flexibility index (Phi) is 8.20. The van der Waals surface area contributed by atoms with E-state index in [-0.39, 0.29) is 6.10 Å². The fourth-order valence-corrected chi connectivity index (χ4v) is 1.58. The molecular weight excluding hydrogens is 272 g/mol. The molecule has 3 heteroatoms. The van der Waals surface area contributed by atoms with Crippen LogP contribution in [0.25, 0.3) is 0 Å². The van der Waals surface area contributed by atoms with Gasteiger partial charge in [0.15, 0.2) is 0 Å². The smallest absolute Gasteiger partial charge is 0.0941 e. The van der Waals surface area contributed by atoms with Crippen LogP contribution >= 0.6 is 31.9 Å². The van der Waals surface area contributed by atoms with Gasteiger partial charge in [0.1, 0.15) is 0 Å². The van der Waals surface area contributed by atoms with E-state index in [1.54, 1.807) is 0 Å². The molecule has 0 aromatic heterocycles. The normalized spacial score (nSPS) is 16.4. The van der Waals surface area contributed by atoms with Crippen LogP contribution in [0, 0.1) is 0 Å². The Morgan fingerprint density at radius 3 is 2.55 bits per heavy atom. The summed E-state index contributed by atoms with van der Waals surface area (Å²) in [6, 6.07) is 0. The highest BCUT2D eigenvalue weighted by Gasteiger charge is 2.10. The zero-order chi connectivity index (χ0) is 8.69. The number of alkyl halides is 2. The second-order valence-corrected chi connectivity index (χ2v) is 4.69. The molecule has 0 heterocycles. The molecule has 11 heavy (non-hydrogen) atoms. The maximum atomic E-state index is 11.2. The number of rotatable bonds is 6. The van der Waals surface area contributed by atoms with Crippen molar-refractivity contribution >= 4 is 31.9 Å². The van der Waals surface area contributed by atoms with Crippen LogP contribution in [-0.4, -0.2) is 16.3 Å². The topological polar surface area (TPSA) is 19.9 Å². The van der Waals surface area contributed by atoms with Crippen LogP contribution < -0.4 is 0 Å². The summed E-state index contributed by atoms with van der Waals surface area (Å²) in [6.45, 7) is 2.11. The zero-order valence-corrected chi connectivity index (χ0v) is 10.0. The van der Waals surface area contributed by atoms with Crippen molar-refractivity contribution in [3.63, 3.8) is 0 Å². The van der Waals surface area contributed by atoms with Gasteiger partial charge in [-0.25, -0.2) is 5.11 Å². The van der Waals surface area contributed by atoms with Gasteiger partial charge in [-0.1, -0.05) is 51.6 Å². The number of hydrogen-bond acceptors (Lipinski definition) is 0. The minimum atomic E-state index is -0.378. The molecule has 67 valence electrons. The lowest BCUT2D eigenvalue weighted by Crippen LogP contribution is -2.12. The van der Waals surface area contributed by atoms with E-state index in [2.05, 4.69) is 38.8 Å². The van der Waals surface area contributed by atoms with Gasteiger partial charge < -0.3 is 0 Å². The quantitative estimate of drug-likeness (QED) is 0.666. The van der Waals surface area contributed by atoms with Crippen molar-refractivity contribution in [1.82, 2.24) is 0 Å². The van der Waals surface area contributed by atoms with Gasteiger partial charge in [0, 0.05) is 10.2 Å². The average molecular weight is 287 g/mol. The van der Waals surface area contributed by atoms with Gasteiger partial charge in [-0.05, 0) is 12.8 Å². The van der Waals surface area contributed by atoms with Crippen molar-refractivity contribution in [3.05, 3.63) is 0 Å². The van der Waals surface area contributed by atoms with E-state index in [1.807, 2.05) is 0 Å². The van der Waals surface area contributed by atoms with Gasteiger partial charge in [-0.3, -0.25) is 0 Å². The van der Waals surface area contributed by atoms with Crippen LogP contribution in [0.15, 0.2) is 0 Å². The molecule has 0 rings (SSSR count). The summed E-state index contributed by atoms with van der Waals surface area (Å²) in [4.78, 5) is 0.349. The summed E-state index contributed by atoms with van der Waals surface area (Å²) >= 11 is 6.75. The average Bonchev–Trinajstić information content (AvgIpc) is 2.00. The summed E-state index contributed by atoms with van der Waals surface area (Å²) in [7, 11) is 0. The minimum absolute atomic E-state index is 0.349. The molecule has 0 saturated heterocycles. The van der Waals surface area contributed by atoms with Crippen molar-refractivity contribution in [2.45, 2.75) is 43.5 Å². The van der Waals surface area contributed by atoms with Crippen molar-refractivity contribution in [2.24, 2.45) is 0 Å². The molecule has 0 aromatic carbocycles. The molecule has 0 aliphatic rings. The third-order valence-corrected chi connectivity index (χ3v) is 3.91. The Morgan fingerprint density at radius 2 is 2.09 bits per heavy atom. The minimum Gasteiger partial charge on any atom is -0.233 e. The first-order valence-electron chi connectivity index (χ1n) is 4.06. The highest BCUT2D eigenvalue weighted by molar-refractivity contribution is 9.12. The molecule has 2 atom stereocenters. The molecule has 1 radical (unpaired) electrons. The second kappa shape index (κ2) is 7.56. The van der Waals surface area contributed by atoms with Crippen LogP contribution in [0.4, 0.5) is 0 Å². The first-order valence-corrected chi connectivity index (χ1v) is 6.10. The monoisotopic (exact) mass is 285 g/mol. The van der Waals surface area contributed by atoms with Crippen molar-refractivity contribution in [1.29, 1.82) is 0 Å². The zero-order valence-electron chi connectivity index (χ0n) is 6.85. The van der Waals surface area contributed by atoms with Crippen LogP contribution in [-0.2, 0) is 5.11 Å². The standard InChI is InChI=1S/C8H15Br2O/c1-2-3-4-8(11)5-7(10)6-9/h7-8H,2-6H2,1H3. The molecule has 0 aromatic rings. The van der Waals surface area contributed by atoms with Gasteiger partial charge in [0.2, 0.25) is 0 Å². The molecule has 0 aliphatic heterocycles. The maximum Gasteiger partial charge on any atom is 0.0941 e. The highest BCUT2D eigenvalue weighted by Crippen LogP contribution is 2.14. The van der Waals surface area contributed by atoms with E-state index in [9.17, 15) is 5.11 Å². The van der Waals surface area contributed by atoms with Crippen molar-refractivity contribution in [2.75, 3.05) is 5.33 Å². The van der Waals surface area contributed by atoms with Crippen molar-refractivity contribution in [3.8, 4) is 0 Å². The summed E-state index contributed by atoms with van der Waals surface area (Å²) < 4.78 is 0. The van der Waals surface area contributed by atoms with Gasteiger partial charge in [0.05, 0.1) is 6.10 Å². The Morgan fingerprint density at radius 1 is 1.45 bits per heavy atom. The molecule has 0 spiro atoms. The third kappa shape index (κ3) is 7.29. The lowest BCUT2D eigenvalue weighted by Gasteiger charge is -2.09. The number of hydrogen-bond donors (Lipinski definition) is 0. The van der Waals surface area contributed by atoms with Crippen LogP contribution in [0.3, 0.4) is 0 Å². The van der Waals surface area contributed by atoms with E-state index in [4.69, 9.17) is 0 Å². The SMILES string of the molecule is CCCCC([O])CC(Br)CBr. The predicted molar refractivity (Wildman–Crippen MR) is 55.1 cm³/mol. The number of unbranched alkanes of at least 4 members (excludes halogenated alkanes) is 1. The van der Waals surface area contributed by atoms with Crippen LogP contribution in [0.2, 0.25) is 0 Å². The van der Waals surface area contributed by atoms with Crippen molar-refractivity contribution < 1.29 is 5.11 Å². The Labute approximate surface area is 85.8 Å². The van der Waals surface area contributed by atoms with Crippen LogP contribution in [0.5, 0.6) is 0 Å². The van der Waals surface area contributed by atoms with Gasteiger partial charge in [-0.2, -0.15) is 0 Å². The summed E-state index contributed by atoms with van der Waals surface area (Å²) in [5.41, 5.74) is 0. The van der Waals surface area contributed by atoms with E-state index in [0.29, 0.717) is 4.83 Å². The Bertz CT molecular complexity index is 88.2.